The second-order valence-electron chi connectivity index (χ2n) is 4.71. The van der Waals surface area contributed by atoms with Gasteiger partial charge in [0.1, 0.15) is 0 Å². The fourth-order valence-electron chi connectivity index (χ4n) is 2.50. The van der Waals surface area contributed by atoms with Crippen LogP contribution in [0.15, 0.2) is 0 Å². The Morgan fingerprint density at radius 3 is 2.57 bits per heavy atom. The minimum atomic E-state index is -1.01. The van der Waals surface area contributed by atoms with E-state index in [1.54, 1.807) is 6.92 Å². The average molecular weight is 200 g/mol. The molecule has 0 aliphatic heterocycles. The number of carbonyl (C=O) groups is 1. The van der Waals surface area contributed by atoms with Gasteiger partial charge < -0.3 is 10.2 Å². The van der Waals surface area contributed by atoms with Crippen LogP contribution in [0.2, 0.25) is 0 Å². The molecule has 0 aromatic rings. The van der Waals surface area contributed by atoms with Gasteiger partial charge in [-0.25, -0.2) is 0 Å². The zero-order valence-corrected chi connectivity index (χ0v) is 9.16. The highest BCUT2D eigenvalue weighted by Gasteiger charge is 2.46. The van der Waals surface area contributed by atoms with E-state index in [-0.39, 0.29) is 5.92 Å². The van der Waals surface area contributed by atoms with Gasteiger partial charge in [-0.15, -0.1) is 0 Å². The number of aliphatic hydroxyl groups is 1. The van der Waals surface area contributed by atoms with Gasteiger partial charge >= 0.3 is 5.97 Å². The first-order valence-electron chi connectivity index (χ1n) is 5.34. The molecule has 0 aromatic carbocycles. The SMILES string of the molecule is CC1CCCC(O)(C(C)C(=O)O)C1C. The van der Waals surface area contributed by atoms with Gasteiger partial charge in [0.05, 0.1) is 11.5 Å². The van der Waals surface area contributed by atoms with E-state index < -0.39 is 17.5 Å². The van der Waals surface area contributed by atoms with Crippen molar-refractivity contribution in [1.29, 1.82) is 0 Å². The van der Waals surface area contributed by atoms with Gasteiger partial charge in [-0.2, -0.15) is 0 Å². The molecule has 4 atom stereocenters. The van der Waals surface area contributed by atoms with E-state index in [4.69, 9.17) is 5.11 Å². The second kappa shape index (κ2) is 3.89. The summed E-state index contributed by atoms with van der Waals surface area (Å²) in [4.78, 5) is 10.9. The number of hydrogen-bond donors (Lipinski definition) is 2. The highest BCUT2D eigenvalue weighted by atomic mass is 16.4. The fraction of sp³-hybridized carbons (Fsp3) is 0.909. The van der Waals surface area contributed by atoms with Crippen LogP contribution in [0.25, 0.3) is 0 Å². The van der Waals surface area contributed by atoms with E-state index in [0.717, 1.165) is 12.8 Å². The van der Waals surface area contributed by atoms with E-state index in [1.165, 1.54) is 0 Å². The monoisotopic (exact) mass is 200 g/mol. The van der Waals surface area contributed by atoms with Crippen LogP contribution < -0.4 is 0 Å². The molecule has 1 aliphatic carbocycles. The van der Waals surface area contributed by atoms with Crippen LogP contribution in [0.5, 0.6) is 0 Å². The molecular formula is C11H20O3. The first-order valence-corrected chi connectivity index (χ1v) is 5.34. The number of hydrogen-bond acceptors (Lipinski definition) is 2. The molecule has 14 heavy (non-hydrogen) atoms. The molecule has 0 saturated heterocycles. The van der Waals surface area contributed by atoms with Crippen molar-refractivity contribution in [2.24, 2.45) is 17.8 Å². The van der Waals surface area contributed by atoms with Crippen molar-refractivity contribution < 1.29 is 15.0 Å². The summed E-state index contributed by atoms with van der Waals surface area (Å²) in [5, 5.41) is 19.3. The quantitative estimate of drug-likeness (QED) is 0.715. The smallest absolute Gasteiger partial charge is 0.309 e. The first-order chi connectivity index (χ1) is 6.39. The molecule has 4 unspecified atom stereocenters. The summed E-state index contributed by atoms with van der Waals surface area (Å²) in [5.41, 5.74) is -1.01. The minimum Gasteiger partial charge on any atom is -0.481 e. The zero-order valence-electron chi connectivity index (χ0n) is 9.16. The van der Waals surface area contributed by atoms with Crippen molar-refractivity contribution >= 4 is 5.97 Å². The molecule has 2 N–H and O–H groups in total. The van der Waals surface area contributed by atoms with Gasteiger partial charge in [-0.1, -0.05) is 26.7 Å². The summed E-state index contributed by atoms with van der Waals surface area (Å²) in [6.45, 7) is 5.66. The number of rotatable bonds is 2. The lowest BCUT2D eigenvalue weighted by Gasteiger charge is -2.44. The largest absolute Gasteiger partial charge is 0.481 e. The van der Waals surface area contributed by atoms with Crippen LogP contribution in [-0.4, -0.2) is 21.8 Å². The molecule has 0 bridgehead atoms. The molecule has 1 aliphatic rings. The van der Waals surface area contributed by atoms with E-state index in [1.807, 2.05) is 6.92 Å². The van der Waals surface area contributed by atoms with Gasteiger partial charge in [0.15, 0.2) is 0 Å². The molecule has 0 aromatic heterocycles. The molecule has 3 nitrogen and oxygen atoms in total. The van der Waals surface area contributed by atoms with Crippen LogP contribution in [0.1, 0.15) is 40.0 Å². The summed E-state index contributed by atoms with van der Waals surface area (Å²) in [7, 11) is 0. The van der Waals surface area contributed by atoms with Crippen LogP contribution in [-0.2, 0) is 4.79 Å². The van der Waals surface area contributed by atoms with Gasteiger partial charge in [0.25, 0.3) is 0 Å². The molecule has 82 valence electrons. The van der Waals surface area contributed by atoms with Crippen molar-refractivity contribution in [2.45, 2.75) is 45.6 Å². The second-order valence-corrected chi connectivity index (χ2v) is 4.71. The van der Waals surface area contributed by atoms with E-state index in [2.05, 4.69) is 6.92 Å². The van der Waals surface area contributed by atoms with Crippen LogP contribution in [0.3, 0.4) is 0 Å². The summed E-state index contributed by atoms with van der Waals surface area (Å²) < 4.78 is 0. The van der Waals surface area contributed by atoms with Gasteiger partial charge in [-0.05, 0) is 25.2 Å². The highest BCUT2D eigenvalue weighted by Crippen LogP contribution is 2.42. The number of carboxylic acids is 1. The summed E-state index contributed by atoms with van der Waals surface area (Å²) in [6, 6.07) is 0. The minimum absolute atomic E-state index is 0.0716. The predicted octanol–water partition coefficient (Wildman–Crippen LogP) is 1.89. The zero-order chi connectivity index (χ0) is 10.9. The van der Waals surface area contributed by atoms with Crippen LogP contribution >= 0.6 is 0 Å². The Morgan fingerprint density at radius 2 is 2.07 bits per heavy atom. The topological polar surface area (TPSA) is 57.5 Å². The maximum Gasteiger partial charge on any atom is 0.309 e. The molecule has 3 heteroatoms. The Hall–Kier alpha value is -0.570. The standard InChI is InChI=1S/C11H20O3/c1-7-5-4-6-11(14,8(7)2)9(3)10(12)13/h7-9,14H,4-6H2,1-3H3,(H,12,13). The lowest BCUT2D eigenvalue weighted by atomic mass is 9.65. The highest BCUT2D eigenvalue weighted by molar-refractivity contribution is 5.71. The molecule has 1 rings (SSSR count). The molecule has 1 fully saturated rings. The van der Waals surface area contributed by atoms with Crippen molar-refractivity contribution in [2.75, 3.05) is 0 Å². The molecule has 0 spiro atoms. The Bertz CT molecular complexity index is 227. The molecule has 0 amide bonds. The predicted molar refractivity (Wildman–Crippen MR) is 53.9 cm³/mol. The molecule has 0 heterocycles. The summed E-state index contributed by atoms with van der Waals surface area (Å²) in [6.07, 6.45) is 2.64. The van der Waals surface area contributed by atoms with Crippen molar-refractivity contribution in [3.63, 3.8) is 0 Å². The lowest BCUT2D eigenvalue weighted by molar-refractivity contribution is -0.161. The Morgan fingerprint density at radius 1 is 1.50 bits per heavy atom. The van der Waals surface area contributed by atoms with Crippen molar-refractivity contribution in [3.8, 4) is 0 Å². The number of aliphatic carboxylic acids is 1. The average Bonchev–Trinajstić information content (AvgIpc) is 2.12. The maximum absolute atomic E-state index is 10.9. The summed E-state index contributed by atoms with van der Waals surface area (Å²) >= 11 is 0. The van der Waals surface area contributed by atoms with E-state index >= 15 is 0 Å². The maximum atomic E-state index is 10.9. The Kier molecular flexibility index (Phi) is 3.20. The third-order valence-corrected chi connectivity index (χ3v) is 4.00. The van der Waals surface area contributed by atoms with E-state index in [9.17, 15) is 9.90 Å². The van der Waals surface area contributed by atoms with Crippen LogP contribution in [0.4, 0.5) is 0 Å². The third kappa shape index (κ3) is 1.78. The molecule has 0 radical (unpaired) electrons. The van der Waals surface area contributed by atoms with Gasteiger partial charge in [0, 0.05) is 0 Å². The fourth-order valence-corrected chi connectivity index (χ4v) is 2.50. The van der Waals surface area contributed by atoms with Crippen molar-refractivity contribution in [1.82, 2.24) is 0 Å². The summed E-state index contributed by atoms with van der Waals surface area (Å²) in [5.74, 6) is -1.08. The van der Waals surface area contributed by atoms with Crippen molar-refractivity contribution in [3.05, 3.63) is 0 Å². The molecule has 1 saturated carbocycles. The Balaban J connectivity index is 2.85. The first kappa shape index (κ1) is 11.5. The number of carboxylic acid groups (broad SMARTS) is 1. The normalized spacial score (nSPS) is 40.6. The van der Waals surface area contributed by atoms with Gasteiger partial charge in [0.2, 0.25) is 0 Å². The van der Waals surface area contributed by atoms with E-state index in [0.29, 0.717) is 12.3 Å². The molecular weight excluding hydrogens is 180 g/mol. The third-order valence-electron chi connectivity index (χ3n) is 4.00. The van der Waals surface area contributed by atoms with Crippen LogP contribution in [0, 0.1) is 17.8 Å². The lowest BCUT2D eigenvalue weighted by Crippen LogP contribution is -2.50. The Labute approximate surface area is 85.1 Å². The van der Waals surface area contributed by atoms with Gasteiger partial charge in [-0.3, -0.25) is 4.79 Å².